The molecule has 0 radical (unpaired) electrons. The molecule has 1 aliphatic heterocycles. The minimum atomic E-state index is -1.12. The molecular formula is C25H27ClN4O2. The number of piperidine rings is 1. The van der Waals surface area contributed by atoms with Crippen LogP contribution in [0.25, 0.3) is 10.9 Å². The van der Waals surface area contributed by atoms with Gasteiger partial charge in [-0.2, -0.15) is 0 Å². The molecule has 1 aliphatic carbocycles. The zero-order chi connectivity index (χ0) is 22.5. The highest BCUT2D eigenvalue weighted by atomic mass is 35.5. The standard InChI is InChI=1S/C25H27ClN4O2/c1-15-13-17-3-6-21(30-11-9-25(7-8-25)10-12-30)29-22(17)18(14-15)16(2)27-19-4-5-20(26)28-23(19)24(31)32/h3-6,13-14,16,27H,7-12H2,1-2H3,(H,31,32)/t16-/m1/s1. The Kier molecular flexibility index (Phi) is 5.20. The first-order chi connectivity index (χ1) is 15.3. The Balaban J connectivity index is 1.48. The molecule has 3 aromatic rings. The molecule has 2 N–H and O–H groups in total. The number of rotatable bonds is 5. The second-order valence-corrected chi connectivity index (χ2v) is 9.67. The summed E-state index contributed by atoms with van der Waals surface area (Å²) in [6.07, 6.45) is 5.28. The number of aryl methyl sites for hydroxylation is 1. The number of hydrogen-bond acceptors (Lipinski definition) is 5. The molecule has 7 heteroatoms. The van der Waals surface area contributed by atoms with Crippen LogP contribution in [0.3, 0.4) is 0 Å². The molecule has 32 heavy (non-hydrogen) atoms. The summed E-state index contributed by atoms with van der Waals surface area (Å²) in [6.45, 7) is 6.20. The molecule has 1 saturated carbocycles. The average Bonchev–Trinajstić information content (AvgIpc) is 3.53. The smallest absolute Gasteiger partial charge is 0.356 e. The highest BCUT2D eigenvalue weighted by Crippen LogP contribution is 2.53. The maximum absolute atomic E-state index is 11.6. The number of hydrogen-bond donors (Lipinski definition) is 2. The highest BCUT2D eigenvalue weighted by Gasteiger charge is 2.44. The first-order valence-corrected chi connectivity index (χ1v) is 11.5. The summed E-state index contributed by atoms with van der Waals surface area (Å²) in [5.41, 5.74) is 4.09. The minimum absolute atomic E-state index is 0.0859. The van der Waals surface area contributed by atoms with E-state index in [1.165, 1.54) is 25.7 Å². The van der Waals surface area contributed by atoms with E-state index < -0.39 is 5.97 Å². The number of halogens is 1. The lowest BCUT2D eigenvalue weighted by molar-refractivity contribution is 0.0691. The molecular weight excluding hydrogens is 424 g/mol. The van der Waals surface area contributed by atoms with Crippen LogP contribution in [0.5, 0.6) is 0 Å². The maximum atomic E-state index is 11.6. The fourth-order valence-corrected chi connectivity index (χ4v) is 4.97. The minimum Gasteiger partial charge on any atom is -0.476 e. The second kappa shape index (κ2) is 7.93. The zero-order valence-corrected chi connectivity index (χ0v) is 19.1. The largest absolute Gasteiger partial charge is 0.476 e. The molecule has 1 saturated heterocycles. The van der Waals surface area contributed by atoms with E-state index in [0.29, 0.717) is 11.1 Å². The van der Waals surface area contributed by atoms with Gasteiger partial charge in [-0.1, -0.05) is 23.2 Å². The lowest BCUT2D eigenvalue weighted by Crippen LogP contribution is -2.34. The van der Waals surface area contributed by atoms with Gasteiger partial charge in [-0.25, -0.2) is 14.8 Å². The molecule has 2 aromatic heterocycles. The van der Waals surface area contributed by atoms with E-state index in [1.54, 1.807) is 12.1 Å². The van der Waals surface area contributed by atoms with Crippen LogP contribution in [-0.2, 0) is 0 Å². The Bertz CT molecular complexity index is 1200. The Morgan fingerprint density at radius 1 is 1.12 bits per heavy atom. The van der Waals surface area contributed by atoms with E-state index in [-0.39, 0.29) is 16.9 Å². The first-order valence-electron chi connectivity index (χ1n) is 11.2. The lowest BCUT2D eigenvalue weighted by Gasteiger charge is -2.33. The second-order valence-electron chi connectivity index (χ2n) is 9.28. The van der Waals surface area contributed by atoms with Crippen LogP contribution in [-0.4, -0.2) is 34.1 Å². The van der Waals surface area contributed by atoms with Crippen molar-refractivity contribution in [2.45, 2.75) is 45.6 Å². The number of benzene rings is 1. The summed E-state index contributed by atoms with van der Waals surface area (Å²) in [7, 11) is 0. The van der Waals surface area contributed by atoms with Gasteiger partial charge in [0.05, 0.1) is 17.2 Å². The Hall–Kier alpha value is -2.86. The summed E-state index contributed by atoms with van der Waals surface area (Å²) in [4.78, 5) is 23.1. The summed E-state index contributed by atoms with van der Waals surface area (Å²) in [5.74, 6) is -0.0973. The Labute approximate surface area is 192 Å². The van der Waals surface area contributed by atoms with E-state index in [9.17, 15) is 9.90 Å². The highest BCUT2D eigenvalue weighted by molar-refractivity contribution is 6.29. The molecule has 166 valence electrons. The van der Waals surface area contributed by atoms with E-state index in [2.05, 4.69) is 46.4 Å². The van der Waals surface area contributed by atoms with Crippen molar-refractivity contribution < 1.29 is 9.90 Å². The van der Waals surface area contributed by atoms with Crippen LogP contribution in [0.15, 0.2) is 36.4 Å². The topological polar surface area (TPSA) is 78.3 Å². The summed E-state index contributed by atoms with van der Waals surface area (Å²) in [6, 6.07) is 11.6. The van der Waals surface area contributed by atoms with E-state index in [1.807, 2.05) is 6.92 Å². The van der Waals surface area contributed by atoms with Gasteiger partial charge >= 0.3 is 5.97 Å². The van der Waals surface area contributed by atoms with Crippen LogP contribution in [0.2, 0.25) is 5.15 Å². The van der Waals surface area contributed by atoms with Gasteiger partial charge in [-0.15, -0.1) is 0 Å². The zero-order valence-electron chi connectivity index (χ0n) is 18.4. The number of nitrogens with zero attached hydrogens (tertiary/aromatic N) is 3. The molecule has 1 spiro atoms. The van der Waals surface area contributed by atoms with Gasteiger partial charge in [0.2, 0.25) is 0 Å². The maximum Gasteiger partial charge on any atom is 0.356 e. The third-order valence-corrected chi connectivity index (χ3v) is 7.17. The predicted octanol–water partition coefficient (Wildman–Crippen LogP) is 5.84. The molecule has 2 aliphatic rings. The normalized spacial score (nSPS) is 18.0. The van der Waals surface area contributed by atoms with Crippen molar-refractivity contribution >= 4 is 40.0 Å². The molecule has 3 heterocycles. The third-order valence-electron chi connectivity index (χ3n) is 6.96. The van der Waals surface area contributed by atoms with Gasteiger partial charge in [0.15, 0.2) is 5.69 Å². The summed E-state index contributed by atoms with van der Waals surface area (Å²) < 4.78 is 0. The van der Waals surface area contributed by atoms with E-state index >= 15 is 0 Å². The monoisotopic (exact) mass is 450 g/mol. The van der Waals surface area contributed by atoms with Crippen LogP contribution in [0.4, 0.5) is 11.5 Å². The first kappa shape index (κ1) is 21.0. The van der Waals surface area contributed by atoms with Crippen molar-refractivity contribution in [2.75, 3.05) is 23.3 Å². The van der Waals surface area contributed by atoms with Gasteiger partial charge < -0.3 is 15.3 Å². The fourth-order valence-electron chi connectivity index (χ4n) is 4.83. The number of aromatic carboxylic acids is 1. The third kappa shape index (κ3) is 3.99. The number of pyridine rings is 2. The van der Waals surface area contributed by atoms with Gasteiger partial charge in [0, 0.05) is 24.0 Å². The molecule has 5 rings (SSSR count). The SMILES string of the molecule is Cc1cc([C@@H](C)Nc2ccc(Cl)nc2C(=O)O)c2nc(N3CCC4(CC3)CC4)ccc2c1. The van der Waals surface area contributed by atoms with Gasteiger partial charge in [0.1, 0.15) is 11.0 Å². The van der Waals surface area contributed by atoms with Crippen molar-refractivity contribution in [2.24, 2.45) is 5.41 Å². The molecule has 0 amide bonds. The van der Waals surface area contributed by atoms with Crippen molar-refractivity contribution in [3.05, 3.63) is 58.4 Å². The van der Waals surface area contributed by atoms with E-state index in [4.69, 9.17) is 16.6 Å². The molecule has 0 bridgehead atoms. The van der Waals surface area contributed by atoms with Crippen LogP contribution < -0.4 is 10.2 Å². The summed E-state index contributed by atoms with van der Waals surface area (Å²) in [5, 5.41) is 14.1. The van der Waals surface area contributed by atoms with Gasteiger partial charge in [-0.3, -0.25) is 0 Å². The number of nitrogens with one attached hydrogen (secondary N) is 1. The fraction of sp³-hybridized carbons (Fsp3) is 0.400. The van der Waals surface area contributed by atoms with E-state index in [0.717, 1.165) is 40.9 Å². The van der Waals surface area contributed by atoms with Crippen LogP contribution >= 0.6 is 11.6 Å². The van der Waals surface area contributed by atoms with Crippen molar-refractivity contribution in [1.29, 1.82) is 0 Å². The average molecular weight is 451 g/mol. The summed E-state index contributed by atoms with van der Waals surface area (Å²) >= 11 is 5.91. The number of aromatic nitrogens is 2. The molecule has 0 unspecified atom stereocenters. The molecule has 1 aromatic carbocycles. The predicted molar refractivity (Wildman–Crippen MR) is 128 cm³/mol. The van der Waals surface area contributed by atoms with Crippen molar-refractivity contribution in [1.82, 2.24) is 9.97 Å². The number of fused-ring (bicyclic) bond motifs is 1. The quantitative estimate of drug-likeness (QED) is 0.475. The van der Waals surface area contributed by atoms with Crippen LogP contribution in [0.1, 0.15) is 60.3 Å². The lowest BCUT2D eigenvalue weighted by atomic mass is 9.93. The van der Waals surface area contributed by atoms with Gasteiger partial charge in [-0.05, 0) is 75.3 Å². The molecule has 2 fully saturated rings. The number of carbonyl (C=O) groups is 1. The number of carboxylic acids is 1. The Morgan fingerprint density at radius 2 is 1.88 bits per heavy atom. The van der Waals surface area contributed by atoms with Crippen molar-refractivity contribution in [3.8, 4) is 0 Å². The number of carboxylic acid groups (broad SMARTS) is 1. The van der Waals surface area contributed by atoms with Crippen molar-refractivity contribution in [3.63, 3.8) is 0 Å². The van der Waals surface area contributed by atoms with Gasteiger partial charge in [0.25, 0.3) is 0 Å². The van der Waals surface area contributed by atoms with Crippen LogP contribution in [0, 0.1) is 12.3 Å². The molecule has 1 atom stereocenters. The molecule has 6 nitrogen and oxygen atoms in total. The number of anilines is 2. The Morgan fingerprint density at radius 3 is 2.56 bits per heavy atom.